The van der Waals surface area contributed by atoms with Gasteiger partial charge in [-0.25, -0.2) is 0 Å². The van der Waals surface area contributed by atoms with Crippen molar-refractivity contribution < 1.29 is 14.3 Å². The lowest BCUT2D eigenvalue weighted by atomic mass is 10.2. The van der Waals surface area contributed by atoms with Gasteiger partial charge in [0.2, 0.25) is 11.8 Å². The lowest BCUT2D eigenvalue weighted by molar-refractivity contribution is -0.140. The number of benzene rings is 1. The average molecular weight is 347 g/mol. The van der Waals surface area contributed by atoms with Crippen LogP contribution in [-0.4, -0.2) is 79.5 Å². The zero-order chi connectivity index (χ0) is 18.1. The highest BCUT2D eigenvalue weighted by Crippen LogP contribution is 2.09. The van der Waals surface area contributed by atoms with Gasteiger partial charge in [-0.05, 0) is 12.0 Å². The van der Waals surface area contributed by atoms with E-state index in [1.807, 2.05) is 11.0 Å². The van der Waals surface area contributed by atoms with E-state index < -0.39 is 0 Å². The Morgan fingerprint density at radius 1 is 1.12 bits per heavy atom. The fourth-order valence-electron chi connectivity index (χ4n) is 3.01. The van der Waals surface area contributed by atoms with Crippen LogP contribution >= 0.6 is 0 Å². The molecular formula is C19H29N3O3. The van der Waals surface area contributed by atoms with E-state index >= 15 is 0 Å². The largest absolute Gasteiger partial charge is 0.385 e. The molecular weight excluding hydrogens is 318 g/mol. The molecule has 1 heterocycles. The zero-order valence-corrected chi connectivity index (χ0v) is 15.3. The molecule has 1 fully saturated rings. The molecule has 0 radical (unpaired) electrons. The summed E-state index contributed by atoms with van der Waals surface area (Å²) in [6.45, 7) is 6.91. The fraction of sp³-hybridized carbons (Fsp3) is 0.579. The number of methoxy groups -OCH3 is 1. The number of carbonyl (C=O) groups is 2. The summed E-state index contributed by atoms with van der Waals surface area (Å²) in [5.74, 6) is -0.0286. The van der Waals surface area contributed by atoms with E-state index in [9.17, 15) is 9.59 Å². The van der Waals surface area contributed by atoms with Gasteiger partial charge in [-0.1, -0.05) is 30.3 Å². The van der Waals surface area contributed by atoms with Crippen molar-refractivity contribution in [3.8, 4) is 0 Å². The molecule has 1 aliphatic heterocycles. The maximum absolute atomic E-state index is 12.5. The molecule has 0 N–H and O–H groups in total. The molecule has 0 unspecified atom stereocenters. The molecule has 25 heavy (non-hydrogen) atoms. The van der Waals surface area contributed by atoms with Gasteiger partial charge in [0, 0.05) is 59.9 Å². The number of ether oxygens (including phenoxy) is 1. The highest BCUT2D eigenvalue weighted by Gasteiger charge is 2.23. The molecule has 6 heteroatoms. The van der Waals surface area contributed by atoms with E-state index in [2.05, 4.69) is 29.2 Å². The Morgan fingerprint density at radius 3 is 2.40 bits per heavy atom. The lowest BCUT2D eigenvalue weighted by Gasteiger charge is -2.35. The van der Waals surface area contributed by atoms with Gasteiger partial charge >= 0.3 is 0 Å². The number of piperazine rings is 1. The third kappa shape index (κ3) is 6.48. The Bertz CT molecular complexity index is 542. The molecule has 2 amide bonds. The molecule has 0 saturated carbocycles. The Balaban J connectivity index is 1.76. The SMILES string of the molecule is COCCCN(CC(=O)N1CCN(Cc2ccccc2)CC1)C(C)=O. The highest BCUT2D eigenvalue weighted by molar-refractivity contribution is 5.83. The molecule has 0 bridgehead atoms. The van der Waals surface area contributed by atoms with Crippen molar-refractivity contribution >= 4 is 11.8 Å². The summed E-state index contributed by atoms with van der Waals surface area (Å²) >= 11 is 0. The summed E-state index contributed by atoms with van der Waals surface area (Å²) in [5, 5.41) is 0. The number of nitrogens with zero attached hydrogens (tertiary/aromatic N) is 3. The van der Waals surface area contributed by atoms with Crippen LogP contribution in [0.5, 0.6) is 0 Å². The number of rotatable bonds is 8. The van der Waals surface area contributed by atoms with Crippen molar-refractivity contribution in [2.45, 2.75) is 19.9 Å². The minimum Gasteiger partial charge on any atom is -0.385 e. The van der Waals surface area contributed by atoms with E-state index in [1.165, 1.54) is 12.5 Å². The summed E-state index contributed by atoms with van der Waals surface area (Å²) in [5.41, 5.74) is 1.29. The summed E-state index contributed by atoms with van der Waals surface area (Å²) in [7, 11) is 1.64. The van der Waals surface area contributed by atoms with Gasteiger partial charge < -0.3 is 14.5 Å². The van der Waals surface area contributed by atoms with Crippen LogP contribution in [0.25, 0.3) is 0 Å². The number of amides is 2. The molecule has 0 atom stereocenters. The highest BCUT2D eigenvalue weighted by atomic mass is 16.5. The fourth-order valence-corrected chi connectivity index (χ4v) is 3.01. The summed E-state index contributed by atoms with van der Waals surface area (Å²) in [6, 6.07) is 10.4. The predicted octanol–water partition coefficient (Wildman–Crippen LogP) is 1.22. The maximum Gasteiger partial charge on any atom is 0.242 e. The van der Waals surface area contributed by atoms with E-state index in [1.54, 1.807) is 12.0 Å². The van der Waals surface area contributed by atoms with Gasteiger partial charge in [0.1, 0.15) is 0 Å². The van der Waals surface area contributed by atoms with E-state index in [0.717, 1.165) is 39.1 Å². The van der Waals surface area contributed by atoms with Gasteiger partial charge in [-0.2, -0.15) is 0 Å². The topological polar surface area (TPSA) is 53.1 Å². The quantitative estimate of drug-likeness (QED) is 0.664. The number of hydrogen-bond acceptors (Lipinski definition) is 4. The Hall–Kier alpha value is -1.92. The maximum atomic E-state index is 12.5. The normalized spacial score (nSPS) is 15.2. The summed E-state index contributed by atoms with van der Waals surface area (Å²) in [4.78, 5) is 30.0. The molecule has 0 aromatic heterocycles. The second-order valence-electron chi connectivity index (χ2n) is 6.43. The minimum atomic E-state index is -0.0628. The molecule has 1 aliphatic rings. The first kappa shape index (κ1) is 19.4. The molecule has 0 aliphatic carbocycles. The van der Waals surface area contributed by atoms with Crippen molar-refractivity contribution in [2.24, 2.45) is 0 Å². The molecule has 2 rings (SSSR count). The van der Waals surface area contributed by atoms with Crippen molar-refractivity contribution in [3.05, 3.63) is 35.9 Å². The van der Waals surface area contributed by atoms with Crippen molar-refractivity contribution in [1.82, 2.24) is 14.7 Å². The van der Waals surface area contributed by atoms with Gasteiger partial charge in [0.05, 0.1) is 6.54 Å². The van der Waals surface area contributed by atoms with Gasteiger partial charge in [-0.15, -0.1) is 0 Å². The second kappa shape index (κ2) is 10.2. The third-order valence-electron chi connectivity index (χ3n) is 4.52. The van der Waals surface area contributed by atoms with Crippen molar-refractivity contribution in [3.63, 3.8) is 0 Å². The first-order chi connectivity index (χ1) is 12.1. The number of carbonyl (C=O) groups excluding carboxylic acids is 2. The first-order valence-electron chi connectivity index (χ1n) is 8.88. The Morgan fingerprint density at radius 2 is 1.80 bits per heavy atom. The molecule has 1 aromatic rings. The minimum absolute atomic E-state index is 0.0342. The van der Waals surface area contributed by atoms with E-state index in [0.29, 0.717) is 13.2 Å². The van der Waals surface area contributed by atoms with Crippen LogP contribution in [0.1, 0.15) is 18.9 Å². The van der Waals surface area contributed by atoms with Gasteiger partial charge in [0.25, 0.3) is 0 Å². The van der Waals surface area contributed by atoms with Crippen LogP contribution in [0.3, 0.4) is 0 Å². The second-order valence-corrected chi connectivity index (χ2v) is 6.43. The average Bonchev–Trinajstić information content (AvgIpc) is 2.62. The monoisotopic (exact) mass is 347 g/mol. The molecule has 0 spiro atoms. The molecule has 6 nitrogen and oxygen atoms in total. The first-order valence-corrected chi connectivity index (χ1v) is 8.88. The smallest absolute Gasteiger partial charge is 0.242 e. The van der Waals surface area contributed by atoms with E-state index in [4.69, 9.17) is 4.74 Å². The van der Waals surface area contributed by atoms with Crippen LogP contribution < -0.4 is 0 Å². The standard InChI is InChI=1S/C19H29N3O3/c1-17(23)22(9-6-14-25-2)16-19(24)21-12-10-20(11-13-21)15-18-7-4-3-5-8-18/h3-5,7-8H,6,9-16H2,1-2H3. The van der Waals surface area contributed by atoms with Crippen molar-refractivity contribution in [2.75, 3.05) is 53.0 Å². The predicted molar refractivity (Wildman–Crippen MR) is 97.0 cm³/mol. The lowest BCUT2D eigenvalue weighted by Crippen LogP contribution is -2.51. The molecule has 138 valence electrons. The molecule has 1 saturated heterocycles. The molecule has 1 aromatic carbocycles. The number of hydrogen-bond donors (Lipinski definition) is 0. The van der Waals surface area contributed by atoms with Crippen molar-refractivity contribution in [1.29, 1.82) is 0 Å². The van der Waals surface area contributed by atoms with Crippen LogP contribution in [0, 0.1) is 0 Å². The van der Waals surface area contributed by atoms with Crippen LogP contribution in [0.4, 0.5) is 0 Å². The third-order valence-corrected chi connectivity index (χ3v) is 4.52. The Kier molecular flexibility index (Phi) is 7.88. The zero-order valence-electron chi connectivity index (χ0n) is 15.3. The van der Waals surface area contributed by atoms with Crippen LogP contribution in [0.15, 0.2) is 30.3 Å². The Labute approximate surface area is 150 Å². The van der Waals surface area contributed by atoms with E-state index in [-0.39, 0.29) is 18.4 Å². The van der Waals surface area contributed by atoms with Gasteiger partial charge in [-0.3, -0.25) is 14.5 Å². The van der Waals surface area contributed by atoms with Crippen LogP contribution in [-0.2, 0) is 20.9 Å². The summed E-state index contributed by atoms with van der Waals surface area (Å²) in [6.07, 6.45) is 0.744. The summed E-state index contributed by atoms with van der Waals surface area (Å²) < 4.78 is 5.02. The van der Waals surface area contributed by atoms with Gasteiger partial charge in [0.15, 0.2) is 0 Å². The van der Waals surface area contributed by atoms with Crippen LogP contribution in [0.2, 0.25) is 0 Å².